The highest BCUT2D eigenvalue weighted by molar-refractivity contribution is 8.14. The largest absolute Gasteiger partial charge is 0.378 e. The van der Waals surface area contributed by atoms with Crippen LogP contribution in [0.1, 0.15) is 19.3 Å². The molecule has 3 N–H and O–H groups in total. The van der Waals surface area contributed by atoms with Crippen molar-refractivity contribution in [2.45, 2.75) is 31.4 Å². The average molecular weight is 287 g/mol. The predicted molar refractivity (Wildman–Crippen MR) is 74.2 cm³/mol. The van der Waals surface area contributed by atoms with Gasteiger partial charge in [0.25, 0.3) is 5.24 Å². The minimum Gasteiger partial charge on any atom is -0.378 e. The quantitative estimate of drug-likeness (QED) is 0.603. The topological polar surface area (TPSA) is 79.5 Å². The third kappa shape index (κ3) is 5.00. The lowest BCUT2D eigenvalue weighted by Crippen LogP contribution is -2.43. The van der Waals surface area contributed by atoms with Crippen molar-refractivity contribution in [2.75, 3.05) is 32.0 Å². The molecule has 0 saturated carbocycles. The third-order valence-electron chi connectivity index (χ3n) is 3.25. The number of carbonyl (C=O) groups excluding carboxylic acids is 2. The maximum atomic E-state index is 11.7. The van der Waals surface area contributed by atoms with Crippen LogP contribution in [0.4, 0.5) is 4.79 Å². The first-order valence-corrected chi connectivity index (χ1v) is 7.77. The van der Waals surface area contributed by atoms with Crippen molar-refractivity contribution in [1.82, 2.24) is 16.0 Å². The second-order valence-corrected chi connectivity index (χ2v) is 5.75. The Morgan fingerprint density at radius 2 is 2.21 bits per heavy atom. The van der Waals surface area contributed by atoms with Gasteiger partial charge >= 0.3 is 0 Å². The molecule has 0 spiro atoms. The van der Waals surface area contributed by atoms with Gasteiger partial charge in [0.15, 0.2) is 0 Å². The van der Waals surface area contributed by atoms with E-state index in [-0.39, 0.29) is 17.2 Å². The van der Waals surface area contributed by atoms with Crippen LogP contribution in [0, 0.1) is 0 Å². The van der Waals surface area contributed by atoms with Gasteiger partial charge in [-0.25, -0.2) is 0 Å². The minimum atomic E-state index is -0.372. The van der Waals surface area contributed by atoms with E-state index in [4.69, 9.17) is 4.74 Å². The molecule has 0 radical (unpaired) electrons. The van der Waals surface area contributed by atoms with Gasteiger partial charge < -0.3 is 20.7 Å². The first-order valence-electron chi connectivity index (χ1n) is 6.79. The highest BCUT2D eigenvalue weighted by Gasteiger charge is 2.27. The van der Waals surface area contributed by atoms with E-state index >= 15 is 0 Å². The normalized spacial score (nSPS) is 24.2. The number of thioether (sulfide) groups is 1. The summed E-state index contributed by atoms with van der Waals surface area (Å²) in [6.45, 7) is 3.33. The molecule has 6 nitrogen and oxygen atoms in total. The van der Waals surface area contributed by atoms with Gasteiger partial charge in [-0.05, 0) is 32.4 Å². The summed E-state index contributed by atoms with van der Waals surface area (Å²) in [5.41, 5.74) is 0. The van der Waals surface area contributed by atoms with Crippen molar-refractivity contribution >= 4 is 22.9 Å². The first kappa shape index (κ1) is 14.6. The Hall–Kier alpha value is -0.790. The highest BCUT2D eigenvalue weighted by Crippen LogP contribution is 2.12. The molecule has 0 aromatic heterocycles. The average Bonchev–Trinajstić information content (AvgIpc) is 2.86. The number of rotatable bonds is 6. The molecule has 2 saturated heterocycles. The fourth-order valence-corrected chi connectivity index (χ4v) is 2.92. The maximum absolute atomic E-state index is 11.7. The fraction of sp³-hybridized carbons (Fsp3) is 0.833. The van der Waals surface area contributed by atoms with Crippen LogP contribution in [-0.4, -0.2) is 55.3 Å². The summed E-state index contributed by atoms with van der Waals surface area (Å²) < 4.78 is 5.74. The molecule has 108 valence electrons. The van der Waals surface area contributed by atoms with Crippen LogP contribution in [-0.2, 0) is 9.53 Å². The molecule has 0 aliphatic carbocycles. The van der Waals surface area contributed by atoms with Gasteiger partial charge in [-0.3, -0.25) is 9.59 Å². The molecular weight excluding hydrogens is 266 g/mol. The van der Waals surface area contributed by atoms with E-state index in [0.29, 0.717) is 25.0 Å². The Morgan fingerprint density at radius 3 is 2.89 bits per heavy atom. The zero-order valence-electron chi connectivity index (χ0n) is 10.9. The van der Waals surface area contributed by atoms with Crippen LogP contribution in [0.25, 0.3) is 0 Å². The third-order valence-corrected chi connectivity index (χ3v) is 4.13. The maximum Gasteiger partial charge on any atom is 0.279 e. The second kappa shape index (κ2) is 7.72. The molecule has 7 heteroatoms. The van der Waals surface area contributed by atoms with Crippen LogP contribution in [0.5, 0.6) is 0 Å². The predicted octanol–water partition coefficient (Wildman–Crippen LogP) is 0.0863. The first-order chi connectivity index (χ1) is 9.25. The smallest absolute Gasteiger partial charge is 0.279 e. The zero-order chi connectivity index (χ0) is 13.5. The molecule has 0 aromatic rings. The van der Waals surface area contributed by atoms with E-state index < -0.39 is 0 Å². The lowest BCUT2D eigenvalue weighted by Gasteiger charge is -2.22. The van der Waals surface area contributed by atoms with Gasteiger partial charge in [0.05, 0.1) is 6.10 Å². The lowest BCUT2D eigenvalue weighted by molar-refractivity contribution is -0.122. The van der Waals surface area contributed by atoms with Gasteiger partial charge in [-0.1, -0.05) is 11.8 Å². The fourth-order valence-electron chi connectivity index (χ4n) is 2.14. The van der Waals surface area contributed by atoms with E-state index in [2.05, 4.69) is 16.0 Å². The van der Waals surface area contributed by atoms with Gasteiger partial charge in [0.2, 0.25) is 5.91 Å². The van der Waals surface area contributed by atoms with E-state index in [1.54, 1.807) is 0 Å². The summed E-state index contributed by atoms with van der Waals surface area (Å²) in [4.78, 5) is 22.6. The summed E-state index contributed by atoms with van der Waals surface area (Å²) in [5, 5.41) is 8.62. The molecular formula is C12H21N3O3S. The minimum absolute atomic E-state index is 0.0970. The van der Waals surface area contributed by atoms with Crippen molar-refractivity contribution in [1.29, 1.82) is 0 Å². The molecule has 19 heavy (non-hydrogen) atoms. The molecule has 1 unspecified atom stereocenters. The van der Waals surface area contributed by atoms with Crippen molar-refractivity contribution in [3.63, 3.8) is 0 Å². The Bertz CT molecular complexity index is 321. The number of ether oxygens (including phenoxy) is 1. The van der Waals surface area contributed by atoms with E-state index in [1.807, 2.05) is 0 Å². The summed E-state index contributed by atoms with van der Waals surface area (Å²) in [5.74, 6) is 0.427. The molecule has 2 heterocycles. The van der Waals surface area contributed by atoms with Gasteiger partial charge in [0, 0.05) is 18.9 Å². The zero-order valence-corrected chi connectivity index (χ0v) is 11.8. The van der Waals surface area contributed by atoms with Crippen molar-refractivity contribution in [3.8, 4) is 0 Å². The van der Waals surface area contributed by atoms with Crippen LogP contribution in [0.2, 0.25) is 0 Å². The summed E-state index contributed by atoms with van der Waals surface area (Å²) in [6.07, 6.45) is 3.31. The Balaban J connectivity index is 1.49. The van der Waals surface area contributed by atoms with Crippen LogP contribution >= 0.6 is 11.8 Å². The van der Waals surface area contributed by atoms with Crippen molar-refractivity contribution in [3.05, 3.63) is 0 Å². The van der Waals surface area contributed by atoms with Crippen molar-refractivity contribution in [2.24, 2.45) is 0 Å². The van der Waals surface area contributed by atoms with E-state index in [9.17, 15) is 9.59 Å². The molecule has 2 aliphatic heterocycles. The standard InChI is InChI=1S/C12H21N3O3S/c16-11(10-8-19-12(17)15-10)14-4-1-7-18-9-2-5-13-6-3-9/h9-10,13H,1-8H2,(H,14,16)(H,15,17). The van der Waals surface area contributed by atoms with Gasteiger partial charge in [-0.15, -0.1) is 0 Å². The Kier molecular flexibility index (Phi) is 5.93. The number of hydrogen-bond acceptors (Lipinski definition) is 5. The lowest BCUT2D eigenvalue weighted by atomic mass is 10.1. The van der Waals surface area contributed by atoms with Crippen LogP contribution in [0.3, 0.4) is 0 Å². The number of piperidine rings is 1. The van der Waals surface area contributed by atoms with Gasteiger partial charge in [0.1, 0.15) is 6.04 Å². The molecule has 2 amide bonds. The Labute approximate surface area is 117 Å². The molecule has 2 aliphatic rings. The molecule has 0 bridgehead atoms. The number of hydrogen-bond donors (Lipinski definition) is 3. The monoisotopic (exact) mass is 287 g/mol. The SMILES string of the molecule is O=C1NC(C(=O)NCCCOC2CCNCC2)CS1. The number of nitrogens with one attached hydrogen (secondary N) is 3. The number of carbonyl (C=O) groups is 2. The summed E-state index contributed by atoms with van der Waals surface area (Å²) >= 11 is 1.15. The highest BCUT2D eigenvalue weighted by atomic mass is 32.2. The molecule has 2 fully saturated rings. The van der Waals surface area contributed by atoms with E-state index in [1.165, 1.54) is 0 Å². The van der Waals surface area contributed by atoms with Crippen LogP contribution < -0.4 is 16.0 Å². The second-order valence-electron chi connectivity index (χ2n) is 4.76. The molecule has 0 aromatic carbocycles. The van der Waals surface area contributed by atoms with E-state index in [0.717, 1.165) is 44.1 Å². The summed E-state index contributed by atoms with van der Waals surface area (Å²) in [6, 6.07) is -0.372. The van der Waals surface area contributed by atoms with Gasteiger partial charge in [-0.2, -0.15) is 0 Å². The van der Waals surface area contributed by atoms with Crippen LogP contribution in [0.15, 0.2) is 0 Å². The molecule has 2 rings (SSSR count). The molecule has 1 atom stereocenters. The number of amides is 2. The summed E-state index contributed by atoms with van der Waals surface area (Å²) in [7, 11) is 0. The van der Waals surface area contributed by atoms with Crippen molar-refractivity contribution < 1.29 is 14.3 Å². The Morgan fingerprint density at radius 1 is 1.42 bits per heavy atom.